The largest absolute Gasteiger partial charge is 0.465 e. The number of ether oxygens (including phenoxy) is 1. The van der Waals surface area contributed by atoms with Crippen molar-refractivity contribution in [2.45, 2.75) is 45.3 Å². The first-order valence-corrected chi connectivity index (χ1v) is 17.8. The highest BCUT2D eigenvalue weighted by molar-refractivity contribution is 7.98. The van der Waals surface area contributed by atoms with E-state index in [1.54, 1.807) is 47.8 Å². The van der Waals surface area contributed by atoms with Crippen LogP contribution in [0.15, 0.2) is 101 Å². The van der Waals surface area contributed by atoms with E-state index in [1.807, 2.05) is 66.7 Å². The van der Waals surface area contributed by atoms with Crippen LogP contribution in [0, 0.1) is 0 Å². The van der Waals surface area contributed by atoms with E-state index in [9.17, 15) is 19.2 Å². The second kappa shape index (κ2) is 20.7. The van der Waals surface area contributed by atoms with Gasteiger partial charge in [0, 0.05) is 51.6 Å². The molecule has 15 heteroatoms. The summed E-state index contributed by atoms with van der Waals surface area (Å²) < 4.78 is 7.00. The molecule has 5 rings (SSSR count). The number of unbranched alkanes of at least 4 members (excludes halogenated alkanes) is 2. The second-order valence-corrected chi connectivity index (χ2v) is 12.6. The van der Waals surface area contributed by atoms with Crippen LogP contribution in [0.5, 0.6) is 0 Å². The molecule has 2 N–H and O–H groups in total. The smallest absolute Gasteiger partial charge is 0.332 e. The normalized spacial score (nSPS) is 10.8. The summed E-state index contributed by atoms with van der Waals surface area (Å²) in [5.74, 6) is 0.565. The summed E-state index contributed by atoms with van der Waals surface area (Å²) >= 11 is 1.71. The summed E-state index contributed by atoms with van der Waals surface area (Å²) in [7, 11) is 1.75. The molecule has 272 valence electrons. The number of benzene rings is 3. The molecule has 2 amide bonds. The predicted octanol–water partition coefficient (Wildman–Crippen LogP) is 6.57. The number of nitrogens with zero attached hydrogens (tertiary/aromatic N) is 6. The van der Waals surface area contributed by atoms with Crippen molar-refractivity contribution in [3.05, 3.63) is 102 Å². The SMILES string of the molecule is CC(=O)Nc1cc(C(=O)NCCCCCC(=O)OCCSCc2ccc(N=Nc3ccccc3)cc2)n(C)c1.CC(=O)On1nnc2ccccc21. The first kappa shape index (κ1) is 39.0. The number of nitrogens with one attached hydrogen (secondary N) is 2. The molecule has 3 aromatic carbocycles. The number of amides is 2. The molecule has 5 aromatic rings. The van der Waals surface area contributed by atoms with E-state index >= 15 is 0 Å². The number of anilines is 1. The minimum atomic E-state index is -0.421. The fourth-order valence-electron chi connectivity index (χ4n) is 4.71. The molecule has 0 unspecified atom stereocenters. The summed E-state index contributed by atoms with van der Waals surface area (Å²) in [5, 5.41) is 21.5. The van der Waals surface area contributed by atoms with Crippen LogP contribution >= 0.6 is 11.8 Å². The quantitative estimate of drug-likeness (QED) is 0.0494. The Labute approximate surface area is 305 Å². The maximum atomic E-state index is 12.3. The second-order valence-electron chi connectivity index (χ2n) is 11.5. The monoisotopic (exact) mass is 726 g/mol. The minimum Gasteiger partial charge on any atom is -0.465 e. The number of para-hydroxylation sites is 1. The number of rotatable bonds is 16. The van der Waals surface area contributed by atoms with Crippen LogP contribution in [0.1, 0.15) is 55.6 Å². The van der Waals surface area contributed by atoms with Crippen molar-refractivity contribution in [3.63, 3.8) is 0 Å². The Morgan fingerprint density at radius 3 is 2.31 bits per heavy atom. The van der Waals surface area contributed by atoms with Gasteiger partial charge in [0.15, 0.2) is 0 Å². The third-order valence-electron chi connectivity index (χ3n) is 7.17. The number of carbonyl (C=O) groups is 4. The molecular weight excluding hydrogens is 685 g/mol. The van der Waals surface area contributed by atoms with Gasteiger partial charge in [0.2, 0.25) is 5.91 Å². The van der Waals surface area contributed by atoms with Gasteiger partial charge in [-0.15, -0.1) is 5.10 Å². The minimum absolute atomic E-state index is 0.185. The molecule has 2 aromatic heterocycles. The fourth-order valence-corrected chi connectivity index (χ4v) is 5.48. The number of esters is 1. The van der Waals surface area contributed by atoms with Crippen molar-refractivity contribution in [3.8, 4) is 0 Å². The van der Waals surface area contributed by atoms with Crippen molar-refractivity contribution < 1.29 is 28.8 Å². The van der Waals surface area contributed by atoms with Crippen LogP contribution < -0.4 is 15.5 Å². The summed E-state index contributed by atoms with van der Waals surface area (Å²) in [6.07, 6.45) is 4.36. The maximum absolute atomic E-state index is 12.3. The number of aryl methyl sites for hydroxylation is 1. The molecule has 0 spiro atoms. The number of thioether (sulfide) groups is 1. The standard InChI is InChI=1S/C29H35N5O4S.C8H7N3O2/c1-22(35)31-26-19-27(34(2)20-26)29(37)30-16-8-4-7-11-28(36)38-17-18-39-21-23-12-14-25(15-13-23)33-32-24-9-5-3-6-10-24;1-6(12)13-11-8-5-3-2-4-7(8)9-10-11/h3,5-6,9-10,12-15,19-20H,4,7-8,11,16-18,21H2,1-2H3,(H,30,37)(H,31,35);2-5H,1H3. The van der Waals surface area contributed by atoms with Crippen LogP contribution in [0.3, 0.4) is 0 Å². The van der Waals surface area contributed by atoms with E-state index < -0.39 is 5.97 Å². The van der Waals surface area contributed by atoms with Gasteiger partial charge in [-0.1, -0.05) is 53.7 Å². The third-order valence-corrected chi connectivity index (χ3v) is 8.16. The highest BCUT2D eigenvalue weighted by atomic mass is 32.2. The summed E-state index contributed by atoms with van der Waals surface area (Å²) in [5.41, 5.74) is 5.24. The Kier molecular flexibility index (Phi) is 15.5. The van der Waals surface area contributed by atoms with Gasteiger partial charge in [-0.3, -0.25) is 14.4 Å². The molecule has 0 saturated heterocycles. The van der Waals surface area contributed by atoms with Crippen molar-refractivity contribution in [1.82, 2.24) is 25.0 Å². The lowest BCUT2D eigenvalue weighted by atomic mass is 10.2. The van der Waals surface area contributed by atoms with Crippen molar-refractivity contribution in [2.75, 3.05) is 24.2 Å². The Morgan fingerprint density at radius 1 is 0.865 bits per heavy atom. The number of hydrogen-bond acceptors (Lipinski definition) is 11. The lowest BCUT2D eigenvalue weighted by Crippen LogP contribution is -2.26. The Bertz CT molecular complexity index is 1940. The van der Waals surface area contributed by atoms with Gasteiger partial charge in [-0.25, -0.2) is 4.79 Å². The fraction of sp³-hybridized carbons (Fsp3) is 0.297. The van der Waals surface area contributed by atoms with E-state index in [-0.39, 0.29) is 17.8 Å². The Hall–Kier alpha value is -5.83. The lowest BCUT2D eigenvalue weighted by Gasteiger charge is -2.07. The zero-order chi connectivity index (χ0) is 37.1. The number of azo groups is 1. The van der Waals surface area contributed by atoms with E-state index in [2.05, 4.69) is 31.2 Å². The van der Waals surface area contributed by atoms with Crippen LogP contribution in [0.25, 0.3) is 11.0 Å². The van der Waals surface area contributed by atoms with Gasteiger partial charge in [0.1, 0.15) is 23.3 Å². The average molecular weight is 727 g/mol. The van der Waals surface area contributed by atoms with Crippen molar-refractivity contribution in [1.29, 1.82) is 0 Å². The van der Waals surface area contributed by atoms with Crippen molar-refractivity contribution in [2.24, 2.45) is 17.3 Å². The zero-order valence-electron chi connectivity index (χ0n) is 29.4. The zero-order valence-corrected chi connectivity index (χ0v) is 30.2. The molecule has 14 nitrogen and oxygen atoms in total. The Balaban J connectivity index is 0.000000386. The summed E-state index contributed by atoms with van der Waals surface area (Å²) in [6.45, 7) is 3.64. The number of carbonyl (C=O) groups excluding carboxylic acids is 4. The van der Waals surface area contributed by atoms with Crippen LogP contribution in [0.4, 0.5) is 17.1 Å². The lowest BCUT2D eigenvalue weighted by molar-refractivity contribution is -0.143. The highest BCUT2D eigenvalue weighted by Gasteiger charge is 2.12. The van der Waals surface area contributed by atoms with Crippen molar-refractivity contribution >= 4 is 63.6 Å². The van der Waals surface area contributed by atoms with Gasteiger partial charge in [-0.05, 0) is 66.1 Å². The van der Waals surface area contributed by atoms with Gasteiger partial charge >= 0.3 is 11.9 Å². The van der Waals surface area contributed by atoms with Gasteiger partial charge in [0.05, 0.1) is 17.1 Å². The van der Waals surface area contributed by atoms with E-state index in [0.717, 1.165) is 40.6 Å². The van der Waals surface area contributed by atoms with Gasteiger partial charge in [-0.2, -0.15) is 22.0 Å². The van der Waals surface area contributed by atoms with Crippen LogP contribution in [-0.4, -0.2) is 62.4 Å². The first-order valence-electron chi connectivity index (χ1n) is 16.7. The maximum Gasteiger partial charge on any atom is 0.332 e. The Morgan fingerprint density at radius 2 is 1.58 bits per heavy atom. The molecule has 0 bridgehead atoms. The molecule has 0 saturated carbocycles. The predicted molar refractivity (Wildman–Crippen MR) is 199 cm³/mol. The molecule has 0 atom stereocenters. The van der Waals surface area contributed by atoms with E-state index in [1.165, 1.54) is 19.4 Å². The molecule has 2 heterocycles. The van der Waals surface area contributed by atoms with Gasteiger partial charge in [0.25, 0.3) is 5.91 Å². The topological polar surface area (TPSA) is 171 Å². The molecule has 0 aliphatic rings. The van der Waals surface area contributed by atoms with E-state index in [0.29, 0.717) is 48.4 Å². The van der Waals surface area contributed by atoms with Crippen LogP contribution in [-0.2, 0) is 31.9 Å². The first-order chi connectivity index (χ1) is 25.2. The molecular formula is C37H42N8O6S. The molecule has 0 radical (unpaired) electrons. The average Bonchev–Trinajstić information content (AvgIpc) is 3.71. The summed E-state index contributed by atoms with van der Waals surface area (Å²) in [6, 6.07) is 26.4. The highest BCUT2D eigenvalue weighted by Crippen LogP contribution is 2.20. The molecule has 0 aliphatic heterocycles. The molecule has 52 heavy (non-hydrogen) atoms. The number of fused-ring (bicyclic) bond motifs is 1. The summed E-state index contributed by atoms with van der Waals surface area (Å²) in [4.78, 5) is 52.0. The van der Waals surface area contributed by atoms with E-state index in [4.69, 9.17) is 9.57 Å². The number of hydrogen-bond donors (Lipinski definition) is 2. The number of aromatic nitrogens is 4. The molecule has 0 aliphatic carbocycles. The third kappa shape index (κ3) is 13.5. The van der Waals surface area contributed by atoms with Crippen LogP contribution in [0.2, 0.25) is 0 Å². The van der Waals surface area contributed by atoms with Gasteiger partial charge < -0.3 is 24.8 Å². The molecule has 0 fully saturated rings.